The van der Waals surface area contributed by atoms with Crippen LogP contribution in [0.5, 0.6) is 0 Å². The molecular weight excluding hydrogens is 324 g/mol. The third-order valence-corrected chi connectivity index (χ3v) is 6.57. The van der Waals surface area contributed by atoms with Gasteiger partial charge in [0.2, 0.25) is 20.0 Å². The van der Waals surface area contributed by atoms with Crippen LogP contribution in [0.1, 0.15) is 12.0 Å². The van der Waals surface area contributed by atoms with Gasteiger partial charge in [-0.15, -0.1) is 11.6 Å². The Kier molecular flexibility index (Phi) is 4.17. The molecule has 1 saturated heterocycles. The van der Waals surface area contributed by atoms with Gasteiger partial charge in [0.1, 0.15) is 5.21 Å². The molecule has 6 nitrogen and oxygen atoms in total. The number of nitrogens with zero attached hydrogens (tertiary/aromatic N) is 1. The molecule has 0 atom stereocenters. The standard InChI is InChI=1S/C11H15ClN2O4S2/c1-9-3-4-10(14-5-2-6-20(14,17)18)7-11(9)13-19(15,16)8-12/h3-4,7,13H,2,5-6,8H2,1H3. The van der Waals surface area contributed by atoms with Crippen LogP contribution in [0.4, 0.5) is 11.4 Å². The van der Waals surface area contributed by atoms with E-state index in [0.717, 1.165) is 0 Å². The number of rotatable bonds is 4. The van der Waals surface area contributed by atoms with Crippen molar-refractivity contribution < 1.29 is 16.8 Å². The molecule has 1 aromatic rings. The summed E-state index contributed by atoms with van der Waals surface area (Å²) in [5, 5.41) is -0.557. The molecule has 9 heteroatoms. The van der Waals surface area contributed by atoms with Crippen molar-refractivity contribution in [3.63, 3.8) is 0 Å². The largest absolute Gasteiger partial charge is 0.282 e. The number of alkyl halides is 1. The maximum atomic E-state index is 11.9. The van der Waals surface area contributed by atoms with Crippen molar-refractivity contribution in [3.8, 4) is 0 Å². The van der Waals surface area contributed by atoms with Crippen LogP contribution in [0.2, 0.25) is 0 Å². The van der Waals surface area contributed by atoms with E-state index in [4.69, 9.17) is 11.6 Å². The highest BCUT2D eigenvalue weighted by atomic mass is 35.5. The highest BCUT2D eigenvalue weighted by Crippen LogP contribution is 2.29. The number of benzene rings is 1. The van der Waals surface area contributed by atoms with E-state index in [2.05, 4.69) is 4.72 Å². The van der Waals surface area contributed by atoms with Gasteiger partial charge in [-0.05, 0) is 31.0 Å². The first kappa shape index (κ1) is 15.4. The smallest absolute Gasteiger partial charge is 0.246 e. The van der Waals surface area contributed by atoms with Gasteiger partial charge in [0.25, 0.3) is 0 Å². The van der Waals surface area contributed by atoms with Gasteiger partial charge in [-0.2, -0.15) is 0 Å². The van der Waals surface area contributed by atoms with E-state index in [-0.39, 0.29) is 5.75 Å². The minimum Gasteiger partial charge on any atom is -0.282 e. The molecule has 112 valence electrons. The number of anilines is 2. The molecule has 0 saturated carbocycles. The van der Waals surface area contributed by atoms with Crippen LogP contribution in [0, 0.1) is 6.92 Å². The fraction of sp³-hybridized carbons (Fsp3) is 0.455. The van der Waals surface area contributed by atoms with Crippen LogP contribution in [0.3, 0.4) is 0 Å². The Morgan fingerprint density at radius 3 is 2.65 bits per heavy atom. The molecule has 1 aliphatic heterocycles. The summed E-state index contributed by atoms with van der Waals surface area (Å²) >= 11 is 5.35. The monoisotopic (exact) mass is 338 g/mol. The maximum absolute atomic E-state index is 11.9. The van der Waals surface area contributed by atoms with E-state index in [9.17, 15) is 16.8 Å². The fourth-order valence-corrected chi connectivity index (χ4v) is 4.33. The maximum Gasteiger partial charge on any atom is 0.246 e. The van der Waals surface area contributed by atoms with Crippen molar-refractivity contribution in [2.24, 2.45) is 0 Å². The Balaban J connectivity index is 2.39. The van der Waals surface area contributed by atoms with Crippen molar-refractivity contribution in [2.75, 3.05) is 26.5 Å². The molecule has 2 rings (SSSR count). The Labute approximate surface area is 123 Å². The van der Waals surface area contributed by atoms with Gasteiger partial charge < -0.3 is 0 Å². The van der Waals surface area contributed by atoms with E-state index in [1.165, 1.54) is 10.4 Å². The van der Waals surface area contributed by atoms with Gasteiger partial charge in [-0.3, -0.25) is 9.03 Å². The molecule has 0 amide bonds. The van der Waals surface area contributed by atoms with Crippen LogP contribution in [0.15, 0.2) is 18.2 Å². The summed E-state index contributed by atoms with van der Waals surface area (Å²) in [6, 6.07) is 4.86. The highest BCUT2D eigenvalue weighted by molar-refractivity contribution is 7.93. The van der Waals surface area contributed by atoms with E-state index < -0.39 is 25.3 Å². The molecule has 0 spiro atoms. The Morgan fingerprint density at radius 2 is 2.10 bits per heavy atom. The first-order valence-electron chi connectivity index (χ1n) is 5.93. The van der Waals surface area contributed by atoms with Crippen LogP contribution in [-0.4, -0.2) is 34.3 Å². The lowest BCUT2D eigenvalue weighted by Crippen LogP contribution is -2.25. The molecule has 1 N–H and O–H groups in total. The second-order valence-corrected chi connectivity index (χ2v) is 8.89. The summed E-state index contributed by atoms with van der Waals surface area (Å²) in [7, 11) is -6.91. The van der Waals surface area contributed by atoms with Gasteiger partial charge in [-0.25, -0.2) is 16.8 Å². The van der Waals surface area contributed by atoms with Crippen molar-refractivity contribution in [1.82, 2.24) is 0 Å². The van der Waals surface area contributed by atoms with Crippen LogP contribution >= 0.6 is 11.6 Å². The predicted octanol–water partition coefficient (Wildman–Crippen LogP) is 1.47. The molecule has 1 aromatic carbocycles. The zero-order valence-electron chi connectivity index (χ0n) is 10.8. The van der Waals surface area contributed by atoms with Crippen molar-refractivity contribution >= 4 is 43.0 Å². The normalized spacial score (nSPS) is 18.2. The lowest BCUT2D eigenvalue weighted by Gasteiger charge is -2.19. The average Bonchev–Trinajstić information content (AvgIpc) is 2.72. The van der Waals surface area contributed by atoms with Crippen molar-refractivity contribution in [3.05, 3.63) is 23.8 Å². The number of nitrogens with one attached hydrogen (secondary N) is 1. The minimum atomic E-state index is -3.62. The average molecular weight is 339 g/mol. The number of hydrogen-bond donors (Lipinski definition) is 1. The summed E-state index contributed by atoms with van der Waals surface area (Å²) in [6.45, 7) is 2.14. The van der Waals surface area contributed by atoms with E-state index >= 15 is 0 Å². The van der Waals surface area contributed by atoms with Gasteiger partial charge in [0, 0.05) is 6.54 Å². The zero-order chi connectivity index (χ0) is 15.0. The SMILES string of the molecule is Cc1ccc(N2CCCS2(=O)=O)cc1NS(=O)(=O)CCl. The van der Waals surface area contributed by atoms with Gasteiger partial charge in [0.15, 0.2) is 0 Å². The zero-order valence-corrected chi connectivity index (χ0v) is 13.2. The molecule has 1 heterocycles. The van der Waals surface area contributed by atoms with Gasteiger partial charge in [0.05, 0.1) is 17.1 Å². The third-order valence-electron chi connectivity index (χ3n) is 3.02. The summed E-state index contributed by atoms with van der Waals surface area (Å²) in [6.07, 6.45) is 0.568. The highest BCUT2D eigenvalue weighted by Gasteiger charge is 2.28. The second kappa shape index (κ2) is 5.42. The van der Waals surface area contributed by atoms with Crippen molar-refractivity contribution in [2.45, 2.75) is 13.3 Å². The molecular formula is C11H15ClN2O4S2. The predicted molar refractivity (Wildman–Crippen MR) is 80.2 cm³/mol. The quantitative estimate of drug-likeness (QED) is 0.843. The summed E-state index contributed by atoms with van der Waals surface area (Å²) in [5.74, 6) is 0.115. The number of halogens is 1. The Hall–Kier alpha value is -0.990. The first-order chi connectivity index (χ1) is 9.25. The van der Waals surface area contributed by atoms with Crippen LogP contribution in [0.25, 0.3) is 0 Å². The van der Waals surface area contributed by atoms with Crippen LogP contribution in [-0.2, 0) is 20.0 Å². The Morgan fingerprint density at radius 1 is 1.40 bits per heavy atom. The lowest BCUT2D eigenvalue weighted by atomic mass is 10.2. The second-order valence-electron chi connectivity index (χ2n) is 4.57. The molecule has 0 radical (unpaired) electrons. The molecule has 0 aliphatic carbocycles. The molecule has 1 fully saturated rings. The minimum absolute atomic E-state index is 0.115. The van der Waals surface area contributed by atoms with Gasteiger partial charge >= 0.3 is 0 Å². The molecule has 1 aliphatic rings. The molecule has 0 aromatic heterocycles. The summed E-state index contributed by atoms with van der Waals surface area (Å²) in [5.41, 5.74) is 1.49. The Bertz CT molecular complexity index is 716. The topological polar surface area (TPSA) is 83.6 Å². The molecule has 20 heavy (non-hydrogen) atoms. The van der Waals surface area contributed by atoms with E-state index in [0.29, 0.717) is 29.9 Å². The van der Waals surface area contributed by atoms with Crippen molar-refractivity contribution in [1.29, 1.82) is 0 Å². The summed E-state index contributed by atoms with van der Waals surface area (Å²) in [4.78, 5) is 0. The lowest BCUT2D eigenvalue weighted by molar-refractivity contribution is 0.599. The fourth-order valence-electron chi connectivity index (χ4n) is 2.00. The van der Waals surface area contributed by atoms with E-state index in [1.54, 1.807) is 19.1 Å². The number of hydrogen-bond acceptors (Lipinski definition) is 4. The number of sulfonamides is 2. The van der Waals surface area contributed by atoms with Gasteiger partial charge in [-0.1, -0.05) is 6.07 Å². The first-order valence-corrected chi connectivity index (χ1v) is 9.72. The van der Waals surface area contributed by atoms with E-state index in [1.807, 2.05) is 0 Å². The summed E-state index contributed by atoms with van der Waals surface area (Å²) < 4.78 is 50.4. The molecule has 0 bridgehead atoms. The third kappa shape index (κ3) is 3.18. The van der Waals surface area contributed by atoms with Crippen LogP contribution < -0.4 is 9.03 Å². The molecule has 0 unspecified atom stereocenters. The number of aryl methyl sites for hydroxylation is 1.